The molecule has 3 N–H and O–H groups in total. The smallest absolute Gasteiger partial charge is 0.246 e. The number of carbonyl (C=O) groups excluding carboxylic acids is 1. The molecule has 0 fully saturated rings. The third-order valence-corrected chi connectivity index (χ3v) is 4.03. The molecule has 2 heterocycles. The molecule has 1 amide bonds. The van der Waals surface area contributed by atoms with Crippen molar-refractivity contribution in [3.05, 3.63) is 60.1 Å². The van der Waals surface area contributed by atoms with Gasteiger partial charge in [0.25, 0.3) is 0 Å². The number of aromatic nitrogens is 1. The van der Waals surface area contributed by atoms with Crippen LogP contribution in [0, 0.1) is 6.92 Å². The highest BCUT2D eigenvalue weighted by Crippen LogP contribution is 2.24. The molecule has 0 unspecified atom stereocenters. The Hall–Kier alpha value is -3.35. The fourth-order valence-corrected chi connectivity index (χ4v) is 2.69. The molecule has 3 rings (SSSR count). The van der Waals surface area contributed by atoms with E-state index in [9.17, 15) is 4.79 Å². The minimum Gasteiger partial charge on any atom is -0.459 e. The lowest BCUT2D eigenvalue weighted by Gasteiger charge is -2.10. The van der Waals surface area contributed by atoms with Gasteiger partial charge in [-0.05, 0) is 32.0 Å². The van der Waals surface area contributed by atoms with E-state index in [1.54, 1.807) is 24.5 Å². The van der Waals surface area contributed by atoms with E-state index in [4.69, 9.17) is 4.42 Å². The molecular formula is C20H23N5O2. The number of nitrogens with one attached hydrogen (secondary N) is 3. The number of amides is 1. The van der Waals surface area contributed by atoms with Gasteiger partial charge in [-0.1, -0.05) is 18.2 Å². The number of aryl methyl sites for hydroxylation is 1. The minimum absolute atomic E-state index is 0.00331. The number of pyridine rings is 1. The monoisotopic (exact) mass is 365 g/mol. The van der Waals surface area contributed by atoms with Crippen molar-refractivity contribution in [2.75, 3.05) is 18.4 Å². The molecule has 2 aromatic heterocycles. The summed E-state index contributed by atoms with van der Waals surface area (Å²) in [5.41, 5.74) is 2.61. The van der Waals surface area contributed by atoms with Crippen LogP contribution >= 0.6 is 0 Å². The van der Waals surface area contributed by atoms with Crippen molar-refractivity contribution < 1.29 is 9.21 Å². The van der Waals surface area contributed by atoms with Gasteiger partial charge in [0.05, 0.1) is 18.4 Å². The molecule has 7 heteroatoms. The summed E-state index contributed by atoms with van der Waals surface area (Å²) in [6, 6.07) is 11.5. The van der Waals surface area contributed by atoms with Gasteiger partial charge in [-0.25, -0.2) is 4.99 Å². The number of nitrogens with zero attached hydrogens (tertiary/aromatic N) is 2. The van der Waals surface area contributed by atoms with Crippen molar-refractivity contribution in [2.24, 2.45) is 4.99 Å². The third kappa shape index (κ3) is 4.84. The fourth-order valence-electron chi connectivity index (χ4n) is 2.69. The Morgan fingerprint density at radius 2 is 2.04 bits per heavy atom. The maximum Gasteiger partial charge on any atom is 0.246 e. The zero-order valence-corrected chi connectivity index (χ0v) is 15.5. The molecule has 1 aromatic carbocycles. The molecule has 0 radical (unpaired) electrons. The van der Waals surface area contributed by atoms with Gasteiger partial charge in [0.1, 0.15) is 17.9 Å². The van der Waals surface area contributed by atoms with Gasteiger partial charge in [-0.3, -0.25) is 9.78 Å². The number of benzene rings is 1. The summed E-state index contributed by atoms with van der Waals surface area (Å²) in [4.78, 5) is 20.3. The average molecular weight is 365 g/mol. The molecule has 140 valence electrons. The maximum absolute atomic E-state index is 12.0. The number of guanidine groups is 1. The molecule has 0 atom stereocenters. The maximum atomic E-state index is 12.0. The normalized spacial score (nSPS) is 11.4. The van der Waals surface area contributed by atoms with Gasteiger partial charge in [-0.15, -0.1) is 0 Å². The largest absolute Gasteiger partial charge is 0.459 e. The summed E-state index contributed by atoms with van der Waals surface area (Å²) in [6.45, 7) is 5.18. The lowest BCUT2D eigenvalue weighted by Crippen LogP contribution is -2.37. The van der Waals surface area contributed by atoms with Crippen LogP contribution < -0.4 is 16.0 Å². The highest BCUT2D eigenvalue weighted by molar-refractivity contribution is 5.94. The van der Waals surface area contributed by atoms with Crippen LogP contribution in [0.15, 0.2) is 58.2 Å². The number of anilines is 1. The van der Waals surface area contributed by atoms with Crippen LogP contribution in [0.4, 0.5) is 5.69 Å². The number of fused-ring (bicyclic) bond motifs is 1. The number of hydrogen-bond acceptors (Lipinski definition) is 4. The standard InChI is InChI=1S/C20H23N5O2/c1-3-22-20(24-13-19(26)25-15-7-6-10-21-11-15)23-12-18-14(2)16-8-4-5-9-17(16)27-18/h4-11H,3,12-13H2,1-2H3,(H,25,26)(H2,22,23,24). The van der Waals surface area contributed by atoms with E-state index in [0.717, 1.165) is 22.3 Å². The molecule has 0 saturated carbocycles. The first-order valence-electron chi connectivity index (χ1n) is 8.86. The molecule has 7 nitrogen and oxygen atoms in total. The summed E-state index contributed by atoms with van der Waals surface area (Å²) in [5.74, 6) is 1.19. The Morgan fingerprint density at radius 3 is 2.78 bits per heavy atom. The summed E-state index contributed by atoms with van der Waals surface area (Å²) < 4.78 is 5.90. The summed E-state index contributed by atoms with van der Waals surface area (Å²) in [7, 11) is 0. The predicted octanol–water partition coefficient (Wildman–Crippen LogP) is 2.83. The van der Waals surface area contributed by atoms with Crippen molar-refractivity contribution in [1.82, 2.24) is 15.6 Å². The molecule has 0 aliphatic carbocycles. The number of hydrogen-bond donors (Lipinski definition) is 3. The van der Waals surface area contributed by atoms with E-state index >= 15 is 0 Å². The molecular weight excluding hydrogens is 342 g/mol. The van der Waals surface area contributed by atoms with Gasteiger partial charge >= 0.3 is 0 Å². The van der Waals surface area contributed by atoms with E-state index in [0.29, 0.717) is 24.7 Å². The van der Waals surface area contributed by atoms with Crippen LogP contribution in [0.5, 0.6) is 0 Å². The minimum atomic E-state index is -0.208. The van der Waals surface area contributed by atoms with Gasteiger partial charge in [0.15, 0.2) is 5.96 Å². The molecule has 0 aliphatic rings. The number of para-hydroxylation sites is 1. The number of rotatable bonds is 6. The van der Waals surface area contributed by atoms with Gasteiger partial charge in [-0.2, -0.15) is 0 Å². The van der Waals surface area contributed by atoms with Crippen LogP contribution in [0.25, 0.3) is 11.0 Å². The van der Waals surface area contributed by atoms with E-state index in [1.165, 1.54) is 0 Å². The second kappa shape index (κ2) is 8.84. The lowest BCUT2D eigenvalue weighted by atomic mass is 10.1. The zero-order valence-electron chi connectivity index (χ0n) is 15.5. The molecule has 0 aliphatic heterocycles. The van der Waals surface area contributed by atoms with E-state index in [2.05, 4.69) is 25.9 Å². The topological polar surface area (TPSA) is 91.5 Å². The van der Waals surface area contributed by atoms with Gasteiger partial charge < -0.3 is 20.4 Å². The number of carbonyl (C=O) groups is 1. The SMILES string of the molecule is CCNC(=NCC(=O)Nc1cccnc1)NCc1oc2ccccc2c1C. The lowest BCUT2D eigenvalue weighted by molar-refractivity contribution is -0.114. The van der Waals surface area contributed by atoms with E-state index in [1.807, 2.05) is 38.1 Å². The molecule has 0 bridgehead atoms. The first kappa shape index (κ1) is 18.4. The summed E-state index contributed by atoms with van der Waals surface area (Å²) >= 11 is 0. The Balaban J connectivity index is 1.61. The number of aliphatic imine (C=N–C) groups is 1. The van der Waals surface area contributed by atoms with Gasteiger partial charge in [0.2, 0.25) is 5.91 Å². The van der Waals surface area contributed by atoms with Crippen molar-refractivity contribution in [2.45, 2.75) is 20.4 Å². The Bertz CT molecular complexity index is 934. The zero-order chi connectivity index (χ0) is 19.1. The van der Waals surface area contributed by atoms with Crippen LogP contribution in [0.3, 0.4) is 0 Å². The molecule has 3 aromatic rings. The number of furan rings is 1. The fraction of sp³-hybridized carbons (Fsp3) is 0.250. The molecule has 0 saturated heterocycles. The summed E-state index contributed by atoms with van der Waals surface area (Å²) in [6.07, 6.45) is 3.25. The Kier molecular flexibility index (Phi) is 6.04. The third-order valence-electron chi connectivity index (χ3n) is 4.03. The van der Waals surface area contributed by atoms with Crippen molar-refractivity contribution in [1.29, 1.82) is 0 Å². The van der Waals surface area contributed by atoms with Crippen LogP contribution in [0.1, 0.15) is 18.2 Å². The van der Waals surface area contributed by atoms with Gasteiger partial charge in [0, 0.05) is 23.7 Å². The van der Waals surface area contributed by atoms with Crippen LogP contribution in [0.2, 0.25) is 0 Å². The van der Waals surface area contributed by atoms with Crippen LogP contribution in [-0.4, -0.2) is 29.9 Å². The van der Waals surface area contributed by atoms with Crippen molar-refractivity contribution in [3.8, 4) is 0 Å². The first-order chi connectivity index (χ1) is 13.2. The average Bonchev–Trinajstić information content (AvgIpc) is 3.01. The highest BCUT2D eigenvalue weighted by Gasteiger charge is 2.10. The van der Waals surface area contributed by atoms with Crippen LogP contribution in [-0.2, 0) is 11.3 Å². The van der Waals surface area contributed by atoms with Crippen molar-refractivity contribution >= 4 is 28.5 Å². The van der Waals surface area contributed by atoms with E-state index < -0.39 is 0 Å². The second-order valence-corrected chi connectivity index (χ2v) is 5.98. The first-order valence-corrected chi connectivity index (χ1v) is 8.86. The Morgan fingerprint density at radius 1 is 1.19 bits per heavy atom. The second-order valence-electron chi connectivity index (χ2n) is 5.98. The summed E-state index contributed by atoms with van der Waals surface area (Å²) in [5, 5.41) is 10.2. The molecule has 0 spiro atoms. The van der Waals surface area contributed by atoms with Crippen molar-refractivity contribution in [3.63, 3.8) is 0 Å². The Labute approximate surface area is 157 Å². The quantitative estimate of drug-likeness (QED) is 0.461. The molecule has 27 heavy (non-hydrogen) atoms. The highest BCUT2D eigenvalue weighted by atomic mass is 16.3. The van der Waals surface area contributed by atoms with E-state index in [-0.39, 0.29) is 12.5 Å². The predicted molar refractivity (Wildman–Crippen MR) is 107 cm³/mol.